The number of halogens is 4. The van der Waals surface area contributed by atoms with Crippen molar-refractivity contribution in [2.45, 2.75) is 12.1 Å². The van der Waals surface area contributed by atoms with Crippen LogP contribution in [0.3, 0.4) is 0 Å². The maximum atomic E-state index is 13.9. The lowest BCUT2D eigenvalue weighted by Gasteiger charge is -2.16. The summed E-state index contributed by atoms with van der Waals surface area (Å²) in [5.74, 6) is -3.75. The van der Waals surface area contributed by atoms with Crippen molar-refractivity contribution < 1.29 is 37.0 Å². The van der Waals surface area contributed by atoms with Crippen molar-refractivity contribution in [1.82, 2.24) is 0 Å². The van der Waals surface area contributed by atoms with Gasteiger partial charge in [-0.25, -0.2) is 14.0 Å². The minimum atomic E-state index is -5.09. The molecule has 1 aliphatic carbocycles. The Kier molecular flexibility index (Phi) is 5.33. The quantitative estimate of drug-likeness (QED) is 0.490. The molecule has 0 radical (unpaired) electrons. The van der Waals surface area contributed by atoms with Crippen molar-refractivity contribution in [2.24, 2.45) is 0 Å². The van der Waals surface area contributed by atoms with E-state index in [0.29, 0.717) is 6.07 Å². The second-order valence-electron chi connectivity index (χ2n) is 7.13. The van der Waals surface area contributed by atoms with Crippen molar-refractivity contribution >= 4 is 17.7 Å². The van der Waals surface area contributed by atoms with E-state index in [4.69, 9.17) is 4.74 Å². The normalized spacial score (nSPS) is 12.8. The Labute approximate surface area is 179 Å². The molecule has 0 atom stereocenters. The Bertz CT molecular complexity index is 1180. The third kappa shape index (κ3) is 3.89. The molecule has 0 saturated carbocycles. The molecular formula is C23H15F4NO4. The summed E-state index contributed by atoms with van der Waals surface area (Å²) in [6.07, 6.45) is -6.20. The maximum absolute atomic E-state index is 13.9. The van der Waals surface area contributed by atoms with Crippen molar-refractivity contribution in [2.75, 3.05) is 11.9 Å². The van der Waals surface area contributed by atoms with Crippen molar-refractivity contribution in [3.05, 3.63) is 88.7 Å². The number of amides is 1. The number of hydrogen-bond acceptors (Lipinski definition) is 3. The number of rotatable bonds is 4. The lowest BCUT2D eigenvalue weighted by Crippen LogP contribution is -2.20. The first-order valence-electron chi connectivity index (χ1n) is 9.43. The molecule has 0 saturated heterocycles. The lowest BCUT2D eigenvalue weighted by molar-refractivity contribution is -0.140. The molecule has 32 heavy (non-hydrogen) atoms. The van der Waals surface area contributed by atoms with Crippen LogP contribution in [0.4, 0.5) is 28.0 Å². The number of anilines is 1. The number of alkyl halides is 3. The highest BCUT2D eigenvalue weighted by Crippen LogP contribution is 2.44. The number of carbonyl (C=O) groups is 2. The highest BCUT2D eigenvalue weighted by molar-refractivity contribution is 5.99. The van der Waals surface area contributed by atoms with E-state index in [0.717, 1.165) is 22.3 Å². The molecule has 3 aromatic carbocycles. The monoisotopic (exact) mass is 445 g/mol. The number of carboxylic acid groups (broad SMARTS) is 1. The summed E-state index contributed by atoms with van der Waals surface area (Å²) in [6, 6.07) is 15.6. The second kappa shape index (κ2) is 7.99. The zero-order valence-corrected chi connectivity index (χ0v) is 16.2. The van der Waals surface area contributed by atoms with Gasteiger partial charge in [0.1, 0.15) is 12.4 Å². The van der Waals surface area contributed by atoms with Crippen LogP contribution in [0.2, 0.25) is 0 Å². The maximum Gasteiger partial charge on any atom is 0.419 e. The standard InChI is InChI=1S/C23H15F4NO4/c24-19-10-20(16(21(29)30)9-18(19)23(25,26)27)28-22(31)32-11-17-14-7-3-1-5-12(14)13-6-2-4-8-15(13)17/h1-10,17H,11H2,(H,28,31)(H,29,30). The smallest absolute Gasteiger partial charge is 0.419 e. The van der Waals surface area contributed by atoms with Crippen LogP contribution in [0.25, 0.3) is 11.1 Å². The molecule has 0 heterocycles. The molecule has 3 aromatic rings. The molecule has 4 rings (SSSR count). The Morgan fingerprint density at radius 2 is 1.53 bits per heavy atom. The fraction of sp³-hybridized carbons (Fsp3) is 0.130. The summed E-state index contributed by atoms with van der Waals surface area (Å²) in [5.41, 5.74) is 0.576. The number of ether oxygens (including phenoxy) is 1. The van der Waals surface area contributed by atoms with Crippen LogP contribution in [0.15, 0.2) is 60.7 Å². The molecule has 0 spiro atoms. The van der Waals surface area contributed by atoms with Crippen molar-refractivity contribution in [1.29, 1.82) is 0 Å². The molecule has 0 aromatic heterocycles. The van der Waals surface area contributed by atoms with E-state index in [1.807, 2.05) is 53.8 Å². The Morgan fingerprint density at radius 1 is 0.969 bits per heavy atom. The van der Waals surface area contributed by atoms with E-state index >= 15 is 0 Å². The van der Waals surface area contributed by atoms with E-state index in [2.05, 4.69) is 0 Å². The molecule has 1 aliphatic rings. The minimum absolute atomic E-state index is 0.106. The molecule has 0 fully saturated rings. The van der Waals surface area contributed by atoms with Gasteiger partial charge in [0.2, 0.25) is 0 Å². The lowest BCUT2D eigenvalue weighted by atomic mass is 9.98. The van der Waals surface area contributed by atoms with Gasteiger partial charge in [0.25, 0.3) is 0 Å². The van der Waals surface area contributed by atoms with Crippen molar-refractivity contribution in [3.8, 4) is 11.1 Å². The van der Waals surface area contributed by atoms with E-state index in [9.17, 15) is 32.3 Å². The van der Waals surface area contributed by atoms with Gasteiger partial charge in [0.15, 0.2) is 0 Å². The summed E-state index contributed by atoms with van der Waals surface area (Å²) in [4.78, 5) is 23.6. The first-order valence-corrected chi connectivity index (χ1v) is 9.43. The molecule has 0 aliphatic heterocycles. The molecule has 0 bridgehead atoms. The number of fused-ring (bicyclic) bond motifs is 3. The highest BCUT2D eigenvalue weighted by atomic mass is 19.4. The first kappa shape index (κ1) is 21.4. The van der Waals surface area contributed by atoms with Crippen LogP contribution in [-0.4, -0.2) is 23.8 Å². The highest BCUT2D eigenvalue weighted by Gasteiger charge is 2.36. The van der Waals surface area contributed by atoms with E-state index in [1.165, 1.54) is 0 Å². The Balaban J connectivity index is 1.54. The first-order chi connectivity index (χ1) is 15.2. The van der Waals surface area contributed by atoms with Crippen LogP contribution in [-0.2, 0) is 10.9 Å². The number of carboxylic acids is 1. The van der Waals surface area contributed by atoms with Crippen LogP contribution in [0, 0.1) is 5.82 Å². The number of nitrogens with one attached hydrogen (secondary N) is 1. The number of benzene rings is 3. The van der Waals surface area contributed by atoms with Gasteiger partial charge >= 0.3 is 18.2 Å². The van der Waals surface area contributed by atoms with Gasteiger partial charge in [-0.15, -0.1) is 0 Å². The summed E-state index contributed by atoms with van der Waals surface area (Å²) in [7, 11) is 0. The molecule has 2 N–H and O–H groups in total. The van der Waals surface area contributed by atoms with Crippen LogP contribution < -0.4 is 5.32 Å². The van der Waals surface area contributed by atoms with Crippen molar-refractivity contribution in [3.63, 3.8) is 0 Å². The van der Waals surface area contributed by atoms with Gasteiger partial charge in [0.05, 0.1) is 16.8 Å². The molecule has 164 valence electrons. The average molecular weight is 445 g/mol. The van der Waals surface area contributed by atoms with E-state index in [1.54, 1.807) is 0 Å². The summed E-state index contributed by atoms with van der Waals surface area (Å²) in [6.45, 7) is -0.106. The SMILES string of the molecule is O=C(Nc1cc(F)c(C(F)(F)F)cc1C(=O)O)OCC1c2ccccc2-c2ccccc21. The number of carbonyl (C=O) groups excluding carboxylic acids is 1. The average Bonchev–Trinajstić information content (AvgIpc) is 3.05. The third-order valence-electron chi connectivity index (χ3n) is 5.22. The molecule has 9 heteroatoms. The molecule has 1 amide bonds. The van der Waals surface area contributed by atoms with Gasteiger partial charge in [-0.05, 0) is 34.4 Å². The largest absolute Gasteiger partial charge is 0.478 e. The number of hydrogen-bond donors (Lipinski definition) is 2. The zero-order valence-electron chi connectivity index (χ0n) is 16.2. The van der Waals surface area contributed by atoms with E-state index < -0.39 is 40.9 Å². The molecule has 5 nitrogen and oxygen atoms in total. The Morgan fingerprint density at radius 3 is 2.06 bits per heavy atom. The summed E-state index contributed by atoms with van der Waals surface area (Å²) < 4.78 is 57.8. The fourth-order valence-electron chi connectivity index (χ4n) is 3.82. The van der Waals surface area contributed by atoms with Gasteiger partial charge in [-0.2, -0.15) is 13.2 Å². The van der Waals surface area contributed by atoms with Gasteiger partial charge in [-0.3, -0.25) is 5.32 Å². The summed E-state index contributed by atoms with van der Waals surface area (Å²) >= 11 is 0. The van der Waals surface area contributed by atoms with Gasteiger partial charge in [-0.1, -0.05) is 48.5 Å². The predicted octanol–water partition coefficient (Wildman–Crippen LogP) is 5.90. The second-order valence-corrected chi connectivity index (χ2v) is 7.13. The minimum Gasteiger partial charge on any atom is -0.478 e. The third-order valence-corrected chi connectivity index (χ3v) is 5.22. The van der Waals surface area contributed by atoms with Crippen LogP contribution >= 0.6 is 0 Å². The van der Waals surface area contributed by atoms with Crippen LogP contribution in [0.5, 0.6) is 0 Å². The molecule has 0 unspecified atom stereocenters. The predicted molar refractivity (Wildman–Crippen MR) is 107 cm³/mol. The molecular weight excluding hydrogens is 430 g/mol. The zero-order chi connectivity index (χ0) is 23.0. The van der Waals surface area contributed by atoms with Crippen LogP contribution in [0.1, 0.15) is 33.0 Å². The van der Waals surface area contributed by atoms with Gasteiger partial charge in [0, 0.05) is 5.92 Å². The number of aromatic carboxylic acids is 1. The Hall–Kier alpha value is -3.88. The van der Waals surface area contributed by atoms with E-state index in [-0.39, 0.29) is 18.6 Å². The van der Waals surface area contributed by atoms with Gasteiger partial charge < -0.3 is 9.84 Å². The fourth-order valence-corrected chi connectivity index (χ4v) is 3.82. The topological polar surface area (TPSA) is 75.6 Å². The summed E-state index contributed by atoms with van der Waals surface area (Å²) in [5, 5.41) is 11.2.